The molecule has 2 rings (SSSR count). The predicted molar refractivity (Wildman–Crippen MR) is 139 cm³/mol. The third kappa shape index (κ3) is 9.90. The van der Waals surface area contributed by atoms with Crippen LogP contribution in [0.3, 0.4) is 0 Å². The predicted octanol–water partition coefficient (Wildman–Crippen LogP) is 6.07. The average Bonchev–Trinajstić information content (AvgIpc) is 3.18. The van der Waals surface area contributed by atoms with Crippen molar-refractivity contribution >= 4 is 11.6 Å². The molecule has 0 aliphatic carbocycles. The number of aromatic amines is 1. The van der Waals surface area contributed by atoms with Gasteiger partial charge < -0.3 is 21.4 Å². The molecule has 1 amide bonds. The van der Waals surface area contributed by atoms with Crippen LogP contribution in [0.15, 0.2) is 49.4 Å². The summed E-state index contributed by atoms with van der Waals surface area (Å²) in [6.07, 6.45) is 7.06. The van der Waals surface area contributed by atoms with Crippen LogP contribution in [-0.4, -0.2) is 17.4 Å². The highest BCUT2D eigenvalue weighted by Gasteiger charge is 2.12. The lowest BCUT2D eigenvalue weighted by atomic mass is 10.00. The van der Waals surface area contributed by atoms with Gasteiger partial charge >= 0.3 is 0 Å². The first-order valence-electron chi connectivity index (χ1n) is 11.9. The van der Waals surface area contributed by atoms with Gasteiger partial charge in [-0.25, -0.2) is 0 Å². The second-order valence-electron chi connectivity index (χ2n) is 7.10. The van der Waals surface area contributed by atoms with E-state index < -0.39 is 0 Å². The quantitative estimate of drug-likeness (QED) is 0.320. The van der Waals surface area contributed by atoms with Crippen molar-refractivity contribution < 1.29 is 4.79 Å². The molecule has 178 valence electrons. The number of hydrogen-bond donors (Lipinski definition) is 4. The van der Waals surface area contributed by atoms with E-state index in [4.69, 9.17) is 5.73 Å². The molecule has 2 aromatic rings. The van der Waals surface area contributed by atoms with E-state index in [0.717, 1.165) is 55.6 Å². The minimum Gasteiger partial charge on any atom is -0.386 e. The molecule has 0 aliphatic rings. The van der Waals surface area contributed by atoms with Crippen LogP contribution >= 0.6 is 0 Å². The first-order chi connectivity index (χ1) is 15.4. The van der Waals surface area contributed by atoms with E-state index in [1.165, 1.54) is 11.1 Å². The first-order valence-corrected chi connectivity index (χ1v) is 11.9. The average molecular weight is 441 g/mol. The van der Waals surface area contributed by atoms with Crippen molar-refractivity contribution in [3.63, 3.8) is 0 Å². The van der Waals surface area contributed by atoms with E-state index in [9.17, 15) is 4.79 Å². The molecule has 0 atom stereocenters. The smallest absolute Gasteiger partial charge is 0.251 e. The second-order valence-corrected chi connectivity index (χ2v) is 7.10. The van der Waals surface area contributed by atoms with E-state index in [1.807, 2.05) is 65.1 Å². The van der Waals surface area contributed by atoms with Gasteiger partial charge in [0.15, 0.2) is 0 Å². The highest BCUT2D eigenvalue weighted by Crippen LogP contribution is 2.22. The van der Waals surface area contributed by atoms with Gasteiger partial charge in [0.25, 0.3) is 5.91 Å². The molecule has 5 heteroatoms. The fraction of sp³-hybridized carbons (Fsp3) is 0.444. The molecule has 32 heavy (non-hydrogen) atoms. The van der Waals surface area contributed by atoms with E-state index >= 15 is 0 Å². The van der Waals surface area contributed by atoms with Crippen LogP contribution in [0.25, 0.3) is 5.70 Å². The maximum Gasteiger partial charge on any atom is 0.251 e. The summed E-state index contributed by atoms with van der Waals surface area (Å²) in [5.41, 5.74) is 11.6. The van der Waals surface area contributed by atoms with Crippen LogP contribution in [0.1, 0.15) is 86.6 Å². The Labute approximate surface area is 195 Å². The number of aromatic nitrogens is 1. The largest absolute Gasteiger partial charge is 0.386 e. The number of amides is 1. The summed E-state index contributed by atoms with van der Waals surface area (Å²) in [7, 11) is 0. The fourth-order valence-electron chi connectivity index (χ4n) is 3.23. The number of hydrogen-bond acceptors (Lipinski definition) is 3. The number of nitrogens with two attached hydrogens (primary N) is 1. The minimum atomic E-state index is -0.00409. The fourth-order valence-corrected chi connectivity index (χ4v) is 3.23. The van der Waals surface area contributed by atoms with Crippen molar-refractivity contribution in [3.8, 4) is 0 Å². The molecule has 0 unspecified atom stereocenters. The maximum atomic E-state index is 12.2. The Morgan fingerprint density at radius 2 is 1.66 bits per heavy atom. The zero-order valence-electron chi connectivity index (χ0n) is 21.0. The lowest BCUT2D eigenvalue weighted by Gasteiger charge is -2.11. The third-order valence-corrected chi connectivity index (χ3v) is 4.74. The van der Waals surface area contributed by atoms with Gasteiger partial charge in [0.05, 0.1) is 5.82 Å². The van der Waals surface area contributed by atoms with E-state index in [0.29, 0.717) is 11.4 Å². The van der Waals surface area contributed by atoms with Crippen LogP contribution in [0.2, 0.25) is 0 Å². The SMILES string of the molecule is C=C(N)NC(=C)c1c(CCc2ccc(C(=O)NCCCCC)cc2)c[nH]c1C.CC.CC. The summed E-state index contributed by atoms with van der Waals surface area (Å²) in [5.74, 6) is 0.371. The Hall–Kier alpha value is -2.95. The molecule has 0 fully saturated rings. The lowest BCUT2D eigenvalue weighted by Crippen LogP contribution is -2.24. The molecule has 0 radical (unpaired) electrons. The normalized spacial score (nSPS) is 9.56. The number of rotatable bonds is 11. The van der Waals surface area contributed by atoms with Crippen molar-refractivity contribution in [2.75, 3.05) is 6.54 Å². The number of aryl methyl sites for hydroxylation is 3. The van der Waals surface area contributed by atoms with Crippen LogP contribution in [0.5, 0.6) is 0 Å². The Morgan fingerprint density at radius 3 is 2.22 bits per heavy atom. The van der Waals surface area contributed by atoms with E-state index in [2.05, 4.69) is 35.7 Å². The molecule has 0 aliphatic heterocycles. The van der Waals surface area contributed by atoms with Gasteiger partial charge in [0.2, 0.25) is 0 Å². The molecule has 5 nitrogen and oxygen atoms in total. The Balaban J connectivity index is 0.00000227. The second kappa shape index (κ2) is 16.7. The summed E-state index contributed by atoms with van der Waals surface area (Å²) in [5, 5.41) is 5.97. The van der Waals surface area contributed by atoms with Gasteiger partial charge in [0.1, 0.15) is 0 Å². The first kappa shape index (κ1) is 29.1. The lowest BCUT2D eigenvalue weighted by molar-refractivity contribution is 0.0953. The van der Waals surface area contributed by atoms with Gasteiger partial charge in [-0.1, -0.05) is 72.8 Å². The van der Waals surface area contributed by atoms with Crippen molar-refractivity contribution in [2.24, 2.45) is 5.73 Å². The van der Waals surface area contributed by atoms with Crippen molar-refractivity contribution in [3.05, 3.63) is 77.4 Å². The van der Waals surface area contributed by atoms with Crippen LogP contribution in [0, 0.1) is 6.92 Å². The highest BCUT2D eigenvalue weighted by molar-refractivity contribution is 5.94. The summed E-state index contributed by atoms with van der Waals surface area (Å²) < 4.78 is 0. The topological polar surface area (TPSA) is 82.9 Å². The van der Waals surface area contributed by atoms with Crippen molar-refractivity contribution in [2.45, 2.75) is 73.6 Å². The third-order valence-electron chi connectivity index (χ3n) is 4.74. The van der Waals surface area contributed by atoms with E-state index in [-0.39, 0.29) is 5.91 Å². The number of H-pyrrole nitrogens is 1. The molecule has 1 aromatic heterocycles. The zero-order chi connectivity index (χ0) is 24.5. The van der Waals surface area contributed by atoms with Gasteiger partial charge in [-0.3, -0.25) is 4.79 Å². The standard InChI is InChI=1S/C23H32N4O.2C2H6/c1-5-6-7-14-25-23(28)20-11-8-19(9-12-20)10-13-21-15-26-16(2)22(21)17(3)27-18(4)24;2*1-2/h8-9,11-12,15,26-27H,3-7,10,13-14,24H2,1-2H3,(H,25,28);2*1-2H3. The zero-order valence-corrected chi connectivity index (χ0v) is 21.0. The molecule has 5 N–H and O–H groups in total. The molecule has 1 aromatic carbocycles. The summed E-state index contributed by atoms with van der Waals surface area (Å²) >= 11 is 0. The molecule has 0 spiro atoms. The molecule has 1 heterocycles. The van der Waals surface area contributed by atoms with Gasteiger partial charge in [-0.2, -0.15) is 0 Å². The molecular formula is C27H44N4O. The van der Waals surface area contributed by atoms with Gasteiger partial charge in [-0.05, 0) is 49.4 Å². The number of carbonyl (C=O) groups is 1. The van der Waals surface area contributed by atoms with Crippen LogP contribution in [-0.2, 0) is 12.8 Å². The molecular weight excluding hydrogens is 396 g/mol. The Bertz CT molecular complexity index is 819. The van der Waals surface area contributed by atoms with E-state index in [1.54, 1.807) is 0 Å². The Kier molecular flexibility index (Phi) is 15.2. The maximum absolute atomic E-state index is 12.2. The summed E-state index contributed by atoms with van der Waals surface area (Å²) in [4.78, 5) is 15.4. The molecule has 0 saturated heterocycles. The number of carbonyl (C=O) groups excluding carboxylic acids is 1. The van der Waals surface area contributed by atoms with Crippen molar-refractivity contribution in [1.29, 1.82) is 0 Å². The van der Waals surface area contributed by atoms with Crippen LogP contribution in [0.4, 0.5) is 0 Å². The Morgan fingerprint density at radius 1 is 1.03 bits per heavy atom. The summed E-state index contributed by atoms with van der Waals surface area (Å²) in [6.45, 7) is 20.6. The highest BCUT2D eigenvalue weighted by atomic mass is 16.1. The molecule has 0 saturated carbocycles. The number of benzene rings is 1. The van der Waals surface area contributed by atoms with Gasteiger partial charge in [-0.15, -0.1) is 0 Å². The minimum absolute atomic E-state index is 0.00409. The summed E-state index contributed by atoms with van der Waals surface area (Å²) in [6, 6.07) is 7.84. The number of unbranched alkanes of at least 4 members (excludes halogenated alkanes) is 2. The van der Waals surface area contributed by atoms with Crippen LogP contribution < -0.4 is 16.4 Å². The van der Waals surface area contributed by atoms with Crippen molar-refractivity contribution in [1.82, 2.24) is 15.6 Å². The molecule has 0 bridgehead atoms. The van der Waals surface area contributed by atoms with Gasteiger partial charge in [0, 0.05) is 35.3 Å². The monoisotopic (exact) mass is 440 g/mol. The number of nitrogens with one attached hydrogen (secondary N) is 3.